The van der Waals surface area contributed by atoms with Gasteiger partial charge in [0.25, 0.3) is 0 Å². The SMILES string of the molecule is CCOc1nc(NC)nc(N(C)C(C)CO)n1. The van der Waals surface area contributed by atoms with Crippen molar-refractivity contribution in [3.63, 3.8) is 0 Å². The van der Waals surface area contributed by atoms with Crippen molar-refractivity contribution in [2.75, 3.05) is 37.5 Å². The third kappa shape index (κ3) is 3.42. The molecule has 1 rings (SSSR count). The van der Waals surface area contributed by atoms with E-state index in [2.05, 4.69) is 20.3 Å². The molecule has 96 valence electrons. The van der Waals surface area contributed by atoms with Crippen LogP contribution in [0.3, 0.4) is 0 Å². The highest BCUT2D eigenvalue weighted by Gasteiger charge is 2.14. The number of hydrogen-bond acceptors (Lipinski definition) is 7. The molecule has 7 heteroatoms. The molecular weight excluding hydrogens is 222 g/mol. The highest BCUT2D eigenvalue weighted by molar-refractivity contribution is 5.38. The first-order chi connectivity index (χ1) is 8.12. The maximum absolute atomic E-state index is 9.11. The van der Waals surface area contributed by atoms with E-state index >= 15 is 0 Å². The van der Waals surface area contributed by atoms with E-state index < -0.39 is 0 Å². The van der Waals surface area contributed by atoms with Gasteiger partial charge in [-0.15, -0.1) is 0 Å². The Kier molecular flexibility index (Phi) is 4.89. The van der Waals surface area contributed by atoms with Crippen LogP contribution in [0.25, 0.3) is 0 Å². The zero-order valence-corrected chi connectivity index (χ0v) is 10.6. The van der Waals surface area contributed by atoms with Crippen molar-refractivity contribution in [3.8, 4) is 6.01 Å². The van der Waals surface area contributed by atoms with Crippen molar-refractivity contribution in [1.82, 2.24) is 15.0 Å². The van der Waals surface area contributed by atoms with Crippen molar-refractivity contribution in [3.05, 3.63) is 0 Å². The average Bonchev–Trinajstić information content (AvgIpc) is 2.36. The predicted molar refractivity (Wildman–Crippen MR) is 65.5 cm³/mol. The summed E-state index contributed by atoms with van der Waals surface area (Å²) in [5, 5.41) is 12.0. The van der Waals surface area contributed by atoms with E-state index in [0.717, 1.165) is 0 Å². The van der Waals surface area contributed by atoms with Gasteiger partial charge in [0.1, 0.15) is 0 Å². The van der Waals surface area contributed by atoms with Crippen LogP contribution in [0.1, 0.15) is 13.8 Å². The van der Waals surface area contributed by atoms with Gasteiger partial charge in [-0.2, -0.15) is 15.0 Å². The van der Waals surface area contributed by atoms with Gasteiger partial charge in [0, 0.05) is 14.1 Å². The molecule has 0 aliphatic carbocycles. The molecular formula is C10H19N5O2. The molecule has 1 aromatic rings. The normalized spacial score (nSPS) is 12.1. The summed E-state index contributed by atoms with van der Waals surface area (Å²) in [6.45, 7) is 4.26. The van der Waals surface area contributed by atoms with E-state index in [1.807, 2.05) is 20.9 Å². The van der Waals surface area contributed by atoms with Gasteiger partial charge in [-0.1, -0.05) is 0 Å². The number of hydrogen-bond donors (Lipinski definition) is 2. The van der Waals surface area contributed by atoms with Gasteiger partial charge < -0.3 is 20.1 Å². The van der Waals surface area contributed by atoms with E-state index in [4.69, 9.17) is 9.84 Å². The second-order valence-electron chi connectivity index (χ2n) is 3.57. The Labute approximate surface area is 101 Å². The molecule has 1 heterocycles. The quantitative estimate of drug-likeness (QED) is 0.732. The Hall–Kier alpha value is -1.63. The van der Waals surface area contributed by atoms with Crippen LogP contribution in [0.4, 0.5) is 11.9 Å². The van der Waals surface area contributed by atoms with Crippen molar-refractivity contribution < 1.29 is 9.84 Å². The van der Waals surface area contributed by atoms with Crippen LogP contribution in [0.15, 0.2) is 0 Å². The molecule has 17 heavy (non-hydrogen) atoms. The van der Waals surface area contributed by atoms with Crippen LogP contribution in [0.2, 0.25) is 0 Å². The average molecular weight is 241 g/mol. The molecule has 7 nitrogen and oxygen atoms in total. The van der Waals surface area contributed by atoms with Gasteiger partial charge in [-0.3, -0.25) is 0 Å². The topological polar surface area (TPSA) is 83.4 Å². The lowest BCUT2D eigenvalue weighted by atomic mass is 10.3. The van der Waals surface area contributed by atoms with Crippen molar-refractivity contribution >= 4 is 11.9 Å². The largest absolute Gasteiger partial charge is 0.464 e. The summed E-state index contributed by atoms with van der Waals surface area (Å²) in [5.41, 5.74) is 0. The molecule has 0 bridgehead atoms. The smallest absolute Gasteiger partial charge is 0.323 e. The maximum atomic E-state index is 9.11. The molecule has 1 atom stereocenters. The molecule has 2 N–H and O–H groups in total. The van der Waals surface area contributed by atoms with Gasteiger partial charge in [0.15, 0.2) is 0 Å². The second-order valence-corrected chi connectivity index (χ2v) is 3.57. The lowest BCUT2D eigenvalue weighted by Crippen LogP contribution is -2.33. The van der Waals surface area contributed by atoms with Crippen molar-refractivity contribution in [1.29, 1.82) is 0 Å². The fourth-order valence-corrected chi connectivity index (χ4v) is 1.13. The lowest BCUT2D eigenvalue weighted by Gasteiger charge is -2.23. The molecule has 0 aliphatic rings. The molecule has 0 amide bonds. The summed E-state index contributed by atoms with van der Waals surface area (Å²) in [5.74, 6) is 0.907. The minimum atomic E-state index is -0.0726. The summed E-state index contributed by atoms with van der Waals surface area (Å²) in [7, 11) is 3.54. The summed E-state index contributed by atoms with van der Waals surface area (Å²) in [6.07, 6.45) is 0. The molecule has 0 spiro atoms. The van der Waals surface area contributed by atoms with Gasteiger partial charge >= 0.3 is 6.01 Å². The van der Waals surface area contributed by atoms with E-state index in [9.17, 15) is 0 Å². The van der Waals surface area contributed by atoms with Crippen LogP contribution in [-0.2, 0) is 0 Å². The number of aliphatic hydroxyl groups excluding tert-OH is 1. The number of likely N-dealkylation sites (N-methyl/N-ethyl adjacent to an activating group) is 1. The number of aliphatic hydroxyl groups is 1. The number of nitrogens with zero attached hydrogens (tertiary/aromatic N) is 4. The number of nitrogens with one attached hydrogen (secondary N) is 1. The first-order valence-electron chi connectivity index (χ1n) is 5.52. The molecule has 0 saturated carbocycles. The third-order valence-electron chi connectivity index (χ3n) is 2.34. The minimum Gasteiger partial charge on any atom is -0.464 e. The third-order valence-corrected chi connectivity index (χ3v) is 2.34. The van der Waals surface area contributed by atoms with E-state index in [1.54, 1.807) is 11.9 Å². The van der Waals surface area contributed by atoms with Crippen molar-refractivity contribution in [2.45, 2.75) is 19.9 Å². The van der Waals surface area contributed by atoms with Crippen LogP contribution >= 0.6 is 0 Å². The number of ether oxygens (including phenoxy) is 1. The maximum Gasteiger partial charge on any atom is 0.323 e. The monoisotopic (exact) mass is 241 g/mol. The fourth-order valence-electron chi connectivity index (χ4n) is 1.13. The van der Waals surface area contributed by atoms with Crippen LogP contribution in [-0.4, -0.2) is 53.4 Å². The molecule has 0 radical (unpaired) electrons. The van der Waals surface area contributed by atoms with Crippen LogP contribution in [0.5, 0.6) is 6.01 Å². The first-order valence-corrected chi connectivity index (χ1v) is 5.52. The summed E-state index contributed by atoms with van der Waals surface area (Å²) < 4.78 is 5.26. The Balaban J connectivity index is 3.01. The predicted octanol–water partition coefficient (Wildman–Crippen LogP) is 0.129. The van der Waals surface area contributed by atoms with Gasteiger partial charge in [0.05, 0.1) is 19.3 Å². The molecule has 0 fully saturated rings. The highest BCUT2D eigenvalue weighted by atomic mass is 16.5. The standard InChI is InChI=1S/C10H19N5O2/c1-5-17-10-13-8(11-3)12-9(14-10)15(4)7(2)6-16/h7,16H,5-6H2,1-4H3,(H,11,12,13,14). The first kappa shape index (κ1) is 13.4. The van der Waals surface area contributed by atoms with Gasteiger partial charge in [-0.05, 0) is 13.8 Å². The molecule has 0 aliphatic heterocycles. The Morgan fingerprint density at radius 2 is 2.12 bits per heavy atom. The summed E-state index contributed by atoms with van der Waals surface area (Å²) in [4.78, 5) is 14.2. The summed E-state index contributed by atoms with van der Waals surface area (Å²) >= 11 is 0. The Morgan fingerprint density at radius 3 is 2.65 bits per heavy atom. The van der Waals surface area contributed by atoms with E-state index in [1.165, 1.54) is 0 Å². The molecule has 0 saturated heterocycles. The van der Waals surface area contributed by atoms with Crippen LogP contribution < -0.4 is 15.0 Å². The number of rotatable bonds is 6. The number of aromatic nitrogens is 3. The molecule has 1 unspecified atom stereocenters. The number of anilines is 2. The van der Waals surface area contributed by atoms with E-state index in [-0.39, 0.29) is 18.7 Å². The molecule has 0 aromatic carbocycles. The molecule has 1 aromatic heterocycles. The Morgan fingerprint density at radius 1 is 1.41 bits per heavy atom. The summed E-state index contributed by atoms with van der Waals surface area (Å²) in [6, 6.07) is 0.204. The Bertz CT molecular complexity index is 361. The van der Waals surface area contributed by atoms with Gasteiger partial charge in [-0.25, -0.2) is 0 Å². The minimum absolute atomic E-state index is 0.0288. The lowest BCUT2D eigenvalue weighted by molar-refractivity contribution is 0.268. The fraction of sp³-hybridized carbons (Fsp3) is 0.700. The van der Waals surface area contributed by atoms with Crippen LogP contribution in [0, 0.1) is 0 Å². The zero-order valence-electron chi connectivity index (χ0n) is 10.6. The highest BCUT2D eigenvalue weighted by Crippen LogP contribution is 2.15. The van der Waals surface area contributed by atoms with Crippen molar-refractivity contribution in [2.24, 2.45) is 0 Å². The second kappa shape index (κ2) is 6.19. The van der Waals surface area contributed by atoms with Gasteiger partial charge in [0.2, 0.25) is 11.9 Å². The zero-order chi connectivity index (χ0) is 12.8. The van der Waals surface area contributed by atoms with E-state index in [0.29, 0.717) is 18.5 Å².